The first kappa shape index (κ1) is 17.3. The first-order valence-electron chi connectivity index (χ1n) is 7.20. The van der Waals surface area contributed by atoms with Gasteiger partial charge in [0, 0.05) is 12.5 Å². The van der Waals surface area contributed by atoms with Crippen LogP contribution in [-0.4, -0.2) is 16.9 Å². The van der Waals surface area contributed by atoms with Crippen LogP contribution >= 0.6 is 0 Å². The highest BCUT2D eigenvalue weighted by Gasteiger charge is 2.16. The number of unbranched alkanes of at least 4 members (excludes halogenated alkanes) is 2. The number of rotatable bonds is 7. The number of hydrogen-bond acceptors (Lipinski definition) is 4. The molecule has 1 aromatic rings. The zero-order valence-electron chi connectivity index (χ0n) is 12.6. The fourth-order valence-corrected chi connectivity index (χ4v) is 2.10. The summed E-state index contributed by atoms with van der Waals surface area (Å²) in [6.07, 6.45) is 2.83. The molecule has 0 bridgehead atoms. The molecule has 0 spiro atoms. The summed E-state index contributed by atoms with van der Waals surface area (Å²) >= 11 is 0. The summed E-state index contributed by atoms with van der Waals surface area (Å²) in [5.41, 5.74) is 1.16. The molecule has 5 heteroatoms. The van der Waals surface area contributed by atoms with Crippen molar-refractivity contribution in [3.8, 4) is 0 Å². The zero-order valence-corrected chi connectivity index (χ0v) is 12.6. The molecule has 116 valence electrons. The van der Waals surface area contributed by atoms with Gasteiger partial charge < -0.3 is 9.84 Å². The van der Waals surface area contributed by atoms with E-state index in [9.17, 15) is 9.50 Å². The fourth-order valence-electron chi connectivity index (χ4n) is 2.10. The van der Waals surface area contributed by atoms with Crippen molar-refractivity contribution in [3.05, 3.63) is 35.1 Å². The van der Waals surface area contributed by atoms with Gasteiger partial charge in [-0.25, -0.2) is 4.39 Å². The van der Waals surface area contributed by atoms with E-state index in [4.69, 9.17) is 15.6 Å². The van der Waals surface area contributed by atoms with Crippen LogP contribution in [0.3, 0.4) is 0 Å². The number of hydrogen-bond donors (Lipinski definition) is 3. The Hall–Kier alpha value is -1.75. The average molecular weight is 294 g/mol. The maximum Gasteiger partial charge on any atom is 0.191 e. The SMILES string of the molecule is CCCCCc1ccc(F)c(C(O)CC(=N)OC(C)=N)c1. The molecule has 1 atom stereocenters. The average Bonchev–Trinajstić information content (AvgIpc) is 2.39. The van der Waals surface area contributed by atoms with E-state index in [1.54, 1.807) is 12.1 Å². The minimum absolute atomic E-state index is 0.124. The molecule has 0 aliphatic carbocycles. The molecule has 1 unspecified atom stereocenters. The van der Waals surface area contributed by atoms with E-state index in [2.05, 4.69) is 6.92 Å². The Kier molecular flexibility index (Phi) is 7.02. The van der Waals surface area contributed by atoms with E-state index in [0.717, 1.165) is 31.2 Å². The molecule has 1 rings (SSSR count). The van der Waals surface area contributed by atoms with Crippen molar-refractivity contribution in [2.75, 3.05) is 0 Å². The number of aryl methyl sites for hydroxylation is 1. The second kappa shape index (κ2) is 8.52. The number of aliphatic hydroxyl groups excluding tert-OH is 1. The first-order valence-corrected chi connectivity index (χ1v) is 7.20. The normalized spacial score (nSPS) is 12.0. The fraction of sp³-hybridized carbons (Fsp3) is 0.500. The van der Waals surface area contributed by atoms with Gasteiger partial charge in [0.15, 0.2) is 11.8 Å². The molecular formula is C16H23FN2O2. The smallest absolute Gasteiger partial charge is 0.191 e. The molecule has 0 aromatic heterocycles. The van der Waals surface area contributed by atoms with Gasteiger partial charge in [-0.05, 0) is 24.5 Å². The first-order chi connectivity index (χ1) is 9.93. The third-order valence-corrected chi connectivity index (χ3v) is 3.14. The minimum Gasteiger partial charge on any atom is -0.430 e. The lowest BCUT2D eigenvalue weighted by molar-refractivity contribution is 0.175. The van der Waals surface area contributed by atoms with Crippen LogP contribution in [0.2, 0.25) is 0 Å². The van der Waals surface area contributed by atoms with Gasteiger partial charge in [0.25, 0.3) is 0 Å². The highest BCUT2D eigenvalue weighted by Crippen LogP contribution is 2.23. The molecule has 0 fully saturated rings. The van der Waals surface area contributed by atoms with Gasteiger partial charge >= 0.3 is 0 Å². The van der Waals surface area contributed by atoms with Gasteiger partial charge in [-0.3, -0.25) is 10.8 Å². The Morgan fingerprint density at radius 1 is 1.33 bits per heavy atom. The Morgan fingerprint density at radius 2 is 2.05 bits per heavy atom. The van der Waals surface area contributed by atoms with Gasteiger partial charge in [0.1, 0.15) is 5.82 Å². The molecule has 0 aliphatic heterocycles. The van der Waals surface area contributed by atoms with Crippen molar-refractivity contribution in [1.82, 2.24) is 0 Å². The van der Waals surface area contributed by atoms with Crippen molar-refractivity contribution in [3.63, 3.8) is 0 Å². The van der Waals surface area contributed by atoms with Crippen LogP contribution < -0.4 is 0 Å². The molecule has 0 heterocycles. The Bertz CT molecular complexity index is 503. The number of ether oxygens (including phenoxy) is 1. The summed E-state index contributed by atoms with van der Waals surface area (Å²) in [5, 5.41) is 24.7. The van der Waals surface area contributed by atoms with Gasteiger partial charge in [-0.1, -0.05) is 31.9 Å². The van der Waals surface area contributed by atoms with Crippen molar-refractivity contribution < 1.29 is 14.2 Å². The van der Waals surface area contributed by atoms with Crippen LogP contribution in [0.4, 0.5) is 4.39 Å². The molecular weight excluding hydrogens is 271 g/mol. The van der Waals surface area contributed by atoms with Gasteiger partial charge in [-0.2, -0.15) is 0 Å². The third kappa shape index (κ3) is 6.04. The summed E-state index contributed by atoms with van der Waals surface area (Å²) in [7, 11) is 0. The largest absolute Gasteiger partial charge is 0.430 e. The predicted octanol–water partition coefficient (Wildman–Crippen LogP) is 3.97. The van der Waals surface area contributed by atoms with Crippen LogP contribution in [0.25, 0.3) is 0 Å². The van der Waals surface area contributed by atoms with Crippen molar-refractivity contribution in [1.29, 1.82) is 10.8 Å². The summed E-state index contributed by atoms with van der Waals surface area (Å²) in [4.78, 5) is 0. The summed E-state index contributed by atoms with van der Waals surface area (Å²) in [6.45, 7) is 3.52. The van der Waals surface area contributed by atoms with E-state index in [0.29, 0.717) is 0 Å². The summed E-state index contributed by atoms with van der Waals surface area (Å²) < 4.78 is 18.6. The molecule has 3 N–H and O–H groups in total. The number of halogens is 1. The van der Waals surface area contributed by atoms with E-state index in [1.165, 1.54) is 13.0 Å². The summed E-state index contributed by atoms with van der Waals surface area (Å²) in [6, 6.07) is 4.73. The van der Waals surface area contributed by atoms with Gasteiger partial charge in [0.2, 0.25) is 0 Å². The van der Waals surface area contributed by atoms with Gasteiger partial charge in [0.05, 0.1) is 12.5 Å². The lowest BCUT2D eigenvalue weighted by Crippen LogP contribution is -2.13. The molecule has 0 radical (unpaired) electrons. The topological polar surface area (TPSA) is 77.2 Å². The van der Waals surface area contributed by atoms with Crippen molar-refractivity contribution in [2.45, 2.75) is 52.1 Å². The van der Waals surface area contributed by atoms with Crippen LogP contribution in [0.1, 0.15) is 56.8 Å². The molecule has 4 nitrogen and oxygen atoms in total. The highest BCUT2D eigenvalue weighted by atomic mass is 19.1. The van der Waals surface area contributed by atoms with E-state index < -0.39 is 11.9 Å². The van der Waals surface area contributed by atoms with Crippen LogP contribution in [0.15, 0.2) is 18.2 Å². The maximum absolute atomic E-state index is 13.8. The van der Waals surface area contributed by atoms with Crippen molar-refractivity contribution in [2.24, 2.45) is 0 Å². The molecule has 1 aromatic carbocycles. The number of nitrogens with one attached hydrogen (secondary N) is 2. The second-order valence-electron chi connectivity index (χ2n) is 5.11. The zero-order chi connectivity index (χ0) is 15.8. The molecule has 0 aliphatic rings. The number of benzene rings is 1. The lowest BCUT2D eigenvalue weighted by Gasteiger charge is -2.14. The summed E-state index contributed by atoms with van der Waals surface area (Å²) in [5.74, 6) is -0.854. The van der Waals surface area contributed by atoms with E-state index >= 15 is 0 Å². The maximum atomic E-state index is 13.8. The Balaban J connectivity index is 2.73. The third-order valence-electron chi connectivity index (χ3n) is 3.14. The number of aliphatic hydroxyl groups is 1. The molecule has 0 amide bonds. The molecule has 21 heavy (non-hydrogen) atoms. The van der Waals surface area contributed by atoms with Crippen molar-refractivity contribution >= 4 is 11.8 Å². The van der Waals surface area contributed by atoms with E-state index in [-0.39, 0.29) is 23.8 Å². The lowest BCUT2D eigenvalue weighted by atomic mass is 10.00. The molecule has 0 saturated carbocycles. The molecule has 0 saturated heterocycles. The predicted molar refractivity (Wildman–Crippen MR) is 81.4 cm³/mol. The standard InChI is InChI=1S/C16H23FN2O2/c1-3-4-5-6-12-7-8-14(17)13(9-12)15(20)10-16(19)21-11(2)18/h7-9,15,18-20H,3-6,10H2,1-2H3. The monoisotopic (exact) mass is 294 g/mol. The second-order valence-corrected chi connectivity index (χ2v) is 5.11. The van der Waals surface area contributed by atoms with Crippen LogP contribution in [-0.2, 0) is 11.2 Å². The minimum atomic E-state index is -1.14. The van der Waals surface area contributed by atoms with Crippen LogP contribution in [0, 0.1) is 16.6 Å². The Morgan fingerprint density at radius 3 is 2.67 bits per heavy atom. The highest BCUT2D eigenvalue weighted by molar-refractivity contribution is 5.87. The quantitative estimate of drug-likeness (QED) is 0.404. The van der Waals surface area contributed by atoms with E-state index in [1.807, 2.05) is 0 Å². The Labute approximate surface area is 125 Å². The van der Waals surface area contributed by atoms with Gasteiger partial charge in [-0.15, -0.1) is 0 Å². The van der Waals surface area contributed by atoms with Crippen LogP contribution in [0.5, 0.6) is 0 Å².